The Labute approximate surface area is 165 Å². The van der Waals surface area contributed by atoms with Crippen molar-refractivity contribution in [1.29, 1.82) is 0 Å². The van der Waals surface area contributed by atoms with Crippen molar-refractivity contribution in [2.75, 3.05) is 37.6 Å². The van der Waals surface area contributed by atoms with Crippen molar-refractivity contribution in [2.24, 2.45) is 5.92 Å². The van der Waals surface area contributed by atoms with E-state index >= 15 is 0 Å². The number of rotatable bonds is 3. The zero-order valence-corrected chi connectivity index (χ0v) is 16.6. The Morgan fingerprint density at radius 2 is 1.89 bits per heavy atom. The van der Waals surface area contributed by atoms with Crippen LogP contribution >= 0.6 is 0 Å². The number of morpholine rings is 1. The van der Waals surface area contributed by atoms with Crippen molar-refractivity contribution >= 4 is 23.0 Å². The van der Waals surface area contributed by atoms with Gasteiger partial charge in [-0.15, -0.1) is 0 Å². The number of anilines is 1. The molecule has 1 unspecified atom stereocenters. The minimum Gasteiger partial charge on any atom is -0.423 e. The van der Waals surface area contributed by atoms with Gasteiger partial charge in [0.05, 0.1) is 17.8 Å². The number of benzene rings is 1. The van der Waals surface area contributed by atoms with Crippen molar-refractivity contribution < 1.29 is 13.9 Å². The molecule has 0 radical (unpaired) electrons. The SMILES string of the molecule is C[C@@H]1CN(c2nc3c(C(=O)NC4CN5CCC4CC5)cccc3o2)C[C@@H](C)O1. The van der Waals surface area contributed by atoms with Gasteiger partial charge in [0.25, 0.3) is 11.9 Å². The van der Waals surface area contributed by atoms with Gasteiger partial charge in [0, 0.05) is 25.7 Å². The zero-order valence-electron chi connectivity index (χ0n) is 16.6. The minimum absolute atomic E-state index is 0.0482. The molecule has 7 nitrogen and oxygen atoms in total. The fourth-order valence-electron chi connectivity index (χ4n) is 4.96. The number of carbonyl (C=O) groups is 1. The van der Waals surface area contributed by atoms with Gasteiger partial charge in [-0.05, 0) is 57.8 Å². The third-order valence-electron chi connectivity index (χ3n) is 6.32. The third-order valence-corrected chi connectivity index (χ3v) is 6.32. The summed E-state index contributed by atoms with van der Waals surface area (Å²) in [4.78, 5) is 22.3. The Morgan fingerprint density at radius 1 is 1.14 bits per heavy atom. The number of hydrogen-bond donors (Lipinski definition) is 1. The molecule has 4 aliphatic heterocycles. The Kier molecular flexibility index (Phi) is 4.51. The quantitative estimate of drug-likeness (QED) is 0.875. The summed E-state index contributed by atoms with van der Waals surface area (Å²) in [6, 6.07) is 6.39. The van der Waals surface area contributed by atoms with Crippen LogP contribution in [0.5, 0.6) is 0 Å². The number of piperidine rings is 3. The number of nitrogens with zero attached hydrogens (tertiary/aromatic N) is 3. The van der Waals surface area contributed by atoms with Gasteiger partial charge in [-0.2, -0.15) is 4.98 Å². The average Bonchev–Trinajstić information content (AvgIpc) is 3.12. The first-order chi connectivity index (χ1) is 13.6. The molecule has 4 saturated heterocycles. The monoisotopic (exact) mass is 384 g/mol. The Balaban J connectivity index is 1.39. The molecule has 150 valence electrons. The van der Waals surface area contributed by atoms with Gasteiger partial charge in [0.1, 0.15) is 5.52 Å². The molecule has 0 aliphatic carbocycles. The first-order valence-corrected chi connectivity index (χ1v) is 10.4. The van der Waals surface area contributed by atoms with Crippen LogP contribution in [-0.2, 0) is 4.74 Å². The molecular weight excluding hydrogens is 356 g/mol. The molecule has 1 amide bonds. The lowest BCUT2D eigenvalue weighted by atomic mass is 9.84. The minimum atomic E-state index is -0.0482. The maximum Gasteiger partial charge on any atom is 0.298 e. The molecule has 4 fully saturated rings. The van der Waals surface area contributed by atoms with E-state index in [9.17, 15) is 4.79 Å². The fourth-order valence-corrected chi connectivity index (χ4v) is 4.96. The van der Waals surface area contributed by atoms with Crippen molar-refractivity contribution in [3.8, 4) is 0 Å². The molecule has 0 saturated carbocycles. The summed E-state index contributed by atoms with van der Waals surface area (Å²) in [5.41, 5.74) is 1.89. The van der Waals surface area contributed by atoms with Gasteiger partial charge < -0.3 is 24.3 Å². The second-order valence-corrected chi connectivity index (χ2v) is 8.53. The Hall–Kier alpha value is -2.12. The maximum atomic E-state index is 13.0. The van der Waals surface area contributed by atoms with E-state index in [0.717, 1.165) is 32.7 Å². The summed E-state index contributed by atoms with van der Waals surface area (Å²) < 4.78 is 11.8. The number of para-hydroxylation sites is 1. The average molecular weight is 384 g/mol. The molecule has 4 aliphatic rings. The van der Waals surface area contributed by atoms with Crippen molar-refractivity contribution in [3.63, 3.8) is 0 Å². The van der Waals surface area contributed by atoms with E-state index in [1.165, 1.54) is 12.8 Å². The van der Waals surface area contributed by atoms with Crippen LogP contribution in [-0.4, -0.2) is 66.8 Å². The molecule has 2 aromatic rings. The second kappa shape index (κ2) is 7.04. The number of hydrogen-bond acceptors (Lipinski definition) is 6. The summed E-state index contributed by atoms with van der Waals surface area (Å²) in [5.74, 6) is 0.547. The first-order valence-electron chi connectivity index (χ1n) is 10.4. The summed E-state index contributed by atoms with van der Waals surface area (Å²) in [7, 11) is 0. The van der Waals surface area contributed by atoms with Gasteiger partial charge in [-0.3, -0.25) is 4.79 Å². The van der Waals surface area contributed by atoms with E-state index in [-0.39, 0.29) is 24.2 Å². The predicted molar refractivity (Wildman–Crippen MR) is 107 cm³/mol. The highest BCUT2D eigenvalue weighted by atomic mass is 16.5. The van der Waals surface area contributed by atoms with Crippen LogP contribution < -0.4 is 10.2 Å². The third kappa shape index (κ3) is 3.26. The van der Waals surface area contributed by atoms with Gasteiger partial charge in [-0.25, -0.2) is 0 Å². The highest BCUT2D eigenvalue weighted by Gasteiger charge is 2.35. The summed E-state index contributed by atoms with van der Waals surface area (Å²) >= 11 is 0. The van der Waals surface area contributed by atoms with Crippen LogP contribution in [0, 0.1) is 5.92 Å². The molecule has 3 atom stereocenters. The molecule has 28 heavy (non-hydrogen) atoms. The van der Waals surface area contributed by atoms with Gasteiger partial charge in [0.2, 0.25) is 0 Å². The number of aromatic nitrogens is 1. The van der Waals surface area contributed by atoms with Crippen LogP contribution in [0.4, 0.5) is 6.01 Å². The lowest BCUT2D eigenvalue weighted by Crippen LogP contribution is -2.57. The Bertz CT molecular complexity index is 864. The fraction of sp³-hybridized carbons (Fsp3) is 0.619. The number of nitrogens with one attached hydrogen (secondary N) is 1. The zero-order chi connectivity index (χ0) is 19.3. The number of amides is 1. The molecule has 5 heterocycles. The number of oxazole rings is 1. The number of ether oxygens (including phenoxy) is 1. The molecule has 1 aromatic heterocycles. The van der Waals surface area contributed by atoms with Crippen LogP contribution in [0.15, 0.2) is 22.6 Å². The van der Waals surface area contributed by atoms with Crippen LogP contribution in [0.2, 0.25) is 0 Å². The highest BCUT2D eigenvalue weighted by Crippen LogP contribution is 2.29. The molecular formula is C21H28N4O3. The van der Waals surface area contributed by atoms with E-state index in [2.05, 4.69) is 29.0 Å². The van der Waals surface area contributed by atoms with Crippen LogP contribution in [0.1, 0.15) is 37.0 Å². The van der Waals surface area contributed by atoms with E-state index < -0.39 is 0 Å². The van der Waals surface area contributed by atoms with Crippen molar-refractivity contribution in [2.45, 2.75) is 44.9 Å². The van der Waals surface area contributed by atoms with Gasteiger partial charge in [0.15, 0.2) is 5.58 Å². The summed E-state index contributed by atoms with van der Waals surface area (Å²) in [6.07, 6.45) is 2.60. The first kappa shape index (κ1) is 17.9. The standard InChI is InChI=1S/C21H28N4O3/c1-13-10-25(11-14(2)27-13)21-23-19-16(4-3-5-18(19)28-21)20(26)22-17-12-24-8-6-15(17)7-9-24/h3-5,13-15,17H,6-12H2,1-2H3,(H,22,26)/t13-,14-,17?/m1/s1. The maximum absolute atomic E-state index is 13.0. The lowest BCUT2D eigenvalue weighted by Gasteiger charge is -2.44. The highest BCUT2D eigenvalue weighted by molar-refractivity contribution is 6.04. The molecule has 7 heteroatoms. The molecule has 1 aromatic carbocycles. The molecule has 1 N–H and O–H groups in total. The summed E-state index contributed by atoms with van der Waals surface area (Å²) in [6.45, 7) is 8.86. The number of fused-ring (bicyclic) bond motifs is 4. The van der Waals surface area contributed by atoms with E-state index in [1.54, 1.807) is 0 Å². The van der Waals surface area contributed by atoms with E-state index in [4.69, 9.17) is 14.1 Å². The van der Waals surface area contributed by atoms with Crippen LogP contribution in [0.3, 0.4) is 0 Å². The van der Waals surface area contributed by atoms with Crippen LogP contribution in [0.25, 0.3) is 11.1 Å². The van der Waals surface area contributed by atoms with Crippen molar-refractivity contribution in [1.82, 2.24) is 15.2 Å². The van der Waals surface area contributed by atoms with E-state index in [1.807, 2.05) is 18.2 Å². The Morgan fingerprint density at radius 3 is 2.57 bits per heavy atom. The van der Waals surface area contributed by atoms with Crippen molar-refractivity contribution in [3.05, 3.63) is 23.8 Å². The van der Waals surface area contributed by atoms with Gasteiger partial charge >= 0.3 is 0 Å². The topological polar surface area (TPSA) is 70.8 Å². The second-order valence-electron chi connectivity index (χ2n) is 8.53. The smallest absolute Gasteiger partial charge is 0.298 e. The largest absolute Gasteiger partial charge is 0.423 e. The molecule has 6 rings (SSSR count). The molecule has 2 bridgehead atoms. The summed E-state index contributed by atoms with van der Waals surface area (Å²) in [5, 5.41) is 3.27. The lowest BCUT2D eigenvalue weighted by molar-refractivity contribution is -0.00662. The number of carbonyl (C=O) groups excluding carboxylic acids is 1. The normalized spacial score (nSPS) is 32.6. The molecule has 0 spiro atoms. The van der Waals surface area contributed by atoms with E-state index in [0.29, 0.717) is 28.6 Å². The predicted octanol–water partition coefficient (Wildman–Crippen LogP) is 2.27. The van der Waals surface area contributed by atoms with Gasteiger partial charge in [-0.1, -0.05) is 6.07 Å².